The van der Waals surface area contributed by atoms with Gasteiger partial charge in [0.15, 0.2) is 5.82 Å². The number of hydrogen-bond donors (Lipinski definition) is 0. The van der Waals surface area contributed by atoms with E-state index in [0.717, 1.165) is 16.8 Å². The normalized spacial score (nSPS) is 19.0. The number of amides is 2. The molecule has 2 aliphatic rings. The Balaban J connectivity index is 1.16. The first-order valence-corrected chi connectivity index (χ1v) is 10.6. The first kappa shape index (κ1) is 19.5. The van der Waals surface area contributed by atoms with Crippen molar-refractivity contribution in [1.82, 2.24) is 15.0 Å². The van der Waals surface area contributed by atoms with Crippen molar-refractivity contribution in [2.75, 3.05) is 24.5 Å². The fraction of sp³-hybridized carbons (Fsp3) is 0.333. The third kappa shape index (κ3) is 3.95. The van der Waals surface area contributed by atoms with Crippen LogP contribution in [0.15, 0.2) is 59.1 Å². The molecule has 0 aliphatic carbocycles. The van der Waals surface area contributed by atoms with Gasteiger partial charge in [-0.1, -0.05) is 53.2 Å². The van der Waals surface area contributed by atoms with Crippen LogP contribution in [-0.2, 0) is 16.0 Å². The molecule has 0 spiro atoms. The second-order valence-corrected chi connectivity index (χ2v) is 8.39. The number of hydrogen-bond acceptors (Lipinski definition) is 5. The maximum atomic E-state index is 12.9. The van der Waals surface area contributed by atoms with Crippen LogP contribution >= 0.6 is 0 Å². The Morgan fingerprint density at radius 3 is 2.55 bits per heavy atom. The predicted molar refractivity (Wildman–Crippen MR) is 115 cm³/mol. The van der Waals surface area contributed by atoms with Crippen LogP contribution in [0.1, 0.15) is 35.2 Å². The van der Waals surface area contributed by atoms with E-state index in [9.17, 15) is 9.59 Å². The second kappa shape index (κ2) is 7.98. The second-order valence-electron chi connectivity index (χ2n) is 8.39. The van der Waals surface area contributed by atoms with E-state index >= 15 is 0 Å². The molecule has 158 valence electrons. The van der Waals surface area contributed by atoms with Crippen LogP contribution in [0.25, 0.3) is 0 Å². The molecule has 2 amide bonds. The lowest BCUT2D eigenvalue weighted by molar-refractivity contribution is -0.140. The number of carbonyl (C=O) groups is 2. The highest BCUT2D eigenvalue weighted by Crippen LogP contribution is 2.31. The van der Waals surface area contributed by atoms with Crippen molar-refractivity contribution < 1.29 is 14.1 Å². The van der Waals surface area contributed by atoms with E-state index in [-0.39, 0.29) is 30.1 Å². The van der Waals surface area contributed by atoms with E-state index in [1.807, 2.05) is 61.5 Å². The van der Waals surface area contributed by atoms with E-state index in [4.69, 9.17) is 4.52 Å². The van der Waals surface area contributed by atoms with Crippen molar-refractivity contribution in [1.29, 1.82) is 0 Å². The lowest BCUT2D eigenvalue weighted by atomic mass is 9.96. The fourth-order valence-electron chi connectivity index (χ4n) is 4.20. The molecular weight excluding hydrogens is 392 g/mol. The van der Waals surface area contributed by atoms with Crippen LogP contribution < -0.4 is 4.90 Å². The van der Waals surface area contributed by atoms with Gasteiger partial charge < -0.3 is 14.3 Å². The summed E-state index contributed by atoms with van der Waals surface area (Å²) in [5.41, 5.74) is 3.12. The van der Waals surface area contributed by atoms with Crippen LogP contribution in [0.2, 0.25) is 0 Å². The van der Waals surface area contributed by atoms with Gasteiger partial charge in [-0.15, -0.1) is 0 Å². The predicted octanol–water partition coefficient (Wildman–Crippen LogP) is 2.95. The molecule has 3 aromatic rings. The van der Waals surface area contributed by atoms with Gasteiger partial charge in [-0.05, 0) is 24.6 Å². The molecule has 2 saturated heterocycles. The summed E-state index contributed by atoms with van der Waals surface area (Å²) in [6.45, 7) is 3.56. The van der Waals surface area contributed by atoms with Crippen molar-refractivity contribution in [2.45, 2.75) is 25.7 Å². The monoisotopic (exact) mass is 416 g/mol. The van der Waals surface area contributed by atoms with Gasteiger partial charge in [0.05, 0.1) is 11.8 Å². The lowest BCUT2D eigenvalue weighted by Crippen LogP contribution is -2.51. The highest BCUT2D eigenvalue weighted by molar-refractivity contribution is 6.00. The van der Waals surface area contributed by atoms with Crippen molar-refractivity contribution in [2.24, 2.45) is 5.92 Å². The van der Waals surface area contributed by atoms with Crippen LogP contribution in [0.5, 0.6) is 0 Å². The minimum absolute atomic E-state index is 0.00160. The molecule has 2 aromatic carbocycles. The lowest BCUT2D eigenvalue weighted by Gasteiger charge is -2.38. The number of benzene rings is 2. The molecule has 0 N–H and O–H groups in total. The molecular formula is C24H24N4O3. The molecule has 0 bridgehead atoms. The summed E-state index contributed by atoms with van der Waals surface area (Å²) in [5.74, 6) is 1.03. The van der Waals surface area contributed by atoms with Gasteiger partial charge >= 0.3 is 0 Å². The van der Waals surface area contributed by atoms with E-state index in [1.165, 1.54) is 0 Å². The zero-order chi connectivity index (χ0) is 21.4. The number of carbonyl (C=O) groups excluding carboxylic acids is 2. The summed E-state index contributed by atoms with van der Waals surface area (Å²) in [6.07, 6.45) is 0.883. The third-order valence-electron chi connectivity index (χ3n) is 6.05. The van der Waals surface area contributed by atoms with Crippen molar-refractivity contribution in [3.05, 3.63) is 77.4 Å². The topological polar surface area (TPSA) is 79.5 Å². The van der Waals surface area contributed by atoms with E-state index < -0.39 is 0 Å². The number of nitrogens with zero attached hydrogens (tertiary/aromatic N) is 4. The molecule has 2 aliphatic heterocycles. The van der Waals surface area contributed by atoms with E-state index in [0.29, 0.717) is 37.8 Å². The minimum atomic E-state index is -0.300. The number of aryl methyl sites for hydroxylation is 1. The first-order chi connectivity index (χ1) is 15.1. The van der Waals surface area contributed by atoms with Gasteiger partial charge in [0.25, 0.3) is 0 Å². The largest absolute Gasteiger partial charge is 0.341 e. The maximum absolute atomic E-state index is 12.9. The average Bonchev–Trinajstić information content (AvgIpc) is 3.35. The highest BCUT2D eigenvalue weighted by Gasteiger charge is 2.42. The number of aromatic nitrogens is 2. The molecule has 5 rings (SSSR count). The van der Waals surface area contributed by atoms with Crippen molar-refractivity contribution in [3.63, 3.8) is 0 Å². The minimum Gasteiger partial charge on any atom is -0.341 e. The highest BCUT2D eigenvalue weighted by atomic mass is 16.5. The van der Waals surface area contributed by atoms with Crippen LogP contribution in [0.3, 0.4) is 0 Å². The fourth-order valence-corrected chi connectivity index (χ4v) is 4.20. The SMILES string of the molecule is Cc1ccc(N2CC(C(=O)N3CC(c4nc(Cc5ccccc5)no4)C3)CC2=O)cc1. The van der Waals surface area contributed by atoms with Crippen molar-refractivity contribution >= 4 is 17.5 Å². The number of rotatable bonds is 5. The molecule has 0 radical (unpaired) electrons. The van der Waals surface area contributed by atoms with Gasteiger partial charge in [-0.2, -0.15) is 4.98 Å². The van der Waals surface area contributed by atoms with Gasteiger partial charge in [0.2, 0.25) is 17.7 Å². The molecule has 1 aromatic heterocycles. The Morgan fingerprint density at radius 1 is 1.06 bits per heavy atom. The summed E-state index contributed by atoms with van der Waals surface area (Å²) < 4.78 is 5.43. The summed E-state index contributed by atoms with van der Waals surface area (Å²) in [4.78, 5) is 33.4. The van der Waals surface area contributed by atoms with Crippen LogP contribution in [0, 0.1) is 12.8 Å². The van der Waals surface area contributed by atoms with Gasteiger partial charge in [-0.3, -0.25) is 9.59 Å². The Hall–Kier alpha value is -3.48. The molecule has 7 heteroatoms. The molecule has 31 heavy (non-hydrogen) atoms. The number of likely N-dealkylation sites (tertiary alicyclic amines) is 1. The molecule has 0 saturated carbocycles. The van der Waals surface area contributed by atoms with Gasteiger partial charge in [0, 0.05) is 38.2 Å². The smallest absolute Gasteiger partial charge is 0.233 e. The zero-order valence-electron chi connectivity index (χ0n) is 17.4. The number of anilines is 1. The average molecular weight is 416 g/mol. The van der Waals surface area contributed by atoms with Gasteiger partial charge in [0.1, 0.15) is 0 Å². The Morgan fingerprint density at radius 2 is 1.81 bits per heavy atom. The third-order valence-corrected chi connectivity index (χ3v) is 6.05. The molecule has 7 nitrogen and oxygen atoms in total. The Labute approximate surface area is 180 Å². The molecule has 1 atom stereocenters. The Bertz CT molecular complexity index is 1090. The van der Waals surface area contributed by atoms with Crippen LogP contribution in [0.4, 0.5) is 5.69 Å². The molecule has 1 unspecified atom stereocenters. The maximum Gasteiger partial charge on any atom is 0.233 e. The summed E-state index contributed by atoms with van der Waals surface area (Å²) in [6, 6.07) is 17.8. The first-order valence-electron chi connectivity index (χ1n) is 10.6. The summed E-state index contributed by atoms with van der Waals surface area (Å²) >= 11 is 0. The summed E-state index contributed by atoms with van der Waals surface area (Å²) in [7, 11) is 0. The molecule has 3 heterocycles. The summed E-state index contributed by atoms with van der Waals surface area (Å²) in [5, 5.41) is 4.08. The van der Waals surface area contributed by atoms with E-state index in [2.05, 4.69) is 10.1 Å². The van der Waals surface area contributed by atoms with E-state index in [1.54, 1.807) is 9.80 Å². The van der Waals surface area contributed by atoms with Crippen LogP contribution in [-0.4, -0.2) is 46.5 Å². The zero-order valence-corrected chi connectivity index (χ0v) is 17.4. The standard InChI is InChI=1S/C24H24N4O3/c1-16-7-9-20(10-8-16)28-15-18(12-22(28)29)24(30)27-13-19(14-27)23-25-21(26-31-23)11-17-5-3-2-4-6-17/h2-10,18-19H,11-15H2,1H3. The van der Waals surface area contributed by atoms with Crippen molar-refractivity contribution in [3.8, 4) is 0 Å². The van der Waals surface area contributed by atoms with Gasteiger partial charge in [-0.25, -0.2) is 0 Å². The quantitative estimate of drug-likeness (QED) is 0.639. The Kier molecular flexibility index (Phi) is 5.02. The molecule has 2 fully saturated rings.